The van der Waals surface area contributed by atoms with Crippen molar-refractivity contribution in [3.63, 3.8) is 0 Å². The number of ether oxygens (including phenoxy) is 2. The second-order valence-electron chi connectivity index (χ2n) is 6.87. The standard InChI is InChI=1S/C15H28N2O3/c1-15(2,3)20-14(18)17-7-8-19-13(11-17)9-12-5-4-6-16-10-12/h12-13,16H,4-11H2,1-3H3. The predicted octanol–water partition coefficient (Wildman–Crippen LogP) is 2.01. The second kappa shape index (κ2) is 6.76. The molecule has 2 unspecified atom stereocenters. The van der Waals surface area contributed by atoms with E-state index in [-0.39, 0.29) is 12.2 Å². The lowest BCUT2D eigenvalue weighted by Crippen LogP contribution is -2.48. The number of nitrogens with zero attached hydrogens (tertiary/aromatic N) is 1. The van der Waals surface area contributed by atoms with Gasteiger partial charge in [0.1, 0.15) is 5.60 Å². The van der Waals surface area contributed by atoms with E-state index < -0.39 is 5.60 Å². The van der Waals surface area contributed by atoms with Crippen LogP contribution in [0.2, 0.25) is 0 Å². The molecule has 0 saturated carbocycles. The van der Waals surface area contributed by atoms with Gasteiger partial charge in [-0.3, -0.25) is 0 Å². The molecule has 2 heterocycles. The van der Waals surface area contributed by atoms with Crippen LogP contribution >= 0.6 is 0 Å². The van der Waals surface area contributed by atoms with E-state index in [0.717, 1.165) is 19.5 Å². The van der Waals surface area contributed by atoms with Gasteiger partial charge < -0.3 is 19.7 Å². The Morgan fingerprint density at radius 3 is 2.90 bits per heavy atom. The molecule has 5 heteroatoms. The Bertz CT molecular complexity index is 322. The summed E-state index contributed by atoms with van der Waals surface area (Å²) in [4.78, 5) is 13.9. The molecule has 0 aromatic rings. The first-order valence-corrected chi connectivity index (χ1v) is 7.74. The molecule has 2 rings (SSSR count). The third-order valence-electron chi connectivity index (χ3n) is 3.79. The Kier molecular flexibility index (Phi) is 5.27. The summed E-state index contributed by atoms with van der Waals surface area (Å²) in [6.45, 7) is 9.81. The van der Waals surface area contributed by atoms with Crippen LogP contribution in [-0.4, -0.2) is 55.5 Å². The summed E-state index contributed by atoms with van der Waals surface area (Å²) in [6.07, 6.45) is 3.48. The molecule has 2 aliphatic rings. The van der Waals surface area contributed by atoms with Gasteiger partial charge in [-0.1, -0.05) is 0 Å². The smallest absolute Gasteiger partial charge is 0.410 e. The molecule has 0 aromatic carbocycles. The van der Waals surface area contributed by atoms with Gasteiger partial charge in [0, 0.05) is 6.54 Å². The van der Waals surface area contributed by atoms with Gasteiger partial charge in [0.2, 0.25) is 0 Å². The largest absolute Gasteiger partial charge is 0.444 e. The monoisotopic (exact) mass is 284 g/mol. The first-order valence-electron chi connectivity index (χ1n) is 7.74. The highest BCUT2D eigenvalue weighted by Crippen LogP contribution is 2.21. The molecule has 1 amide bonds. The number of rotatable bonds is 2. The topological polar surface area (TPSA) is 50.8 Å². The maximum atomic E-state index is 12.1. The highest BCUT2D eigenvalue weighted by atomic mass is 16.6. The minimum absolute atomic E-state index is 0.154. The fraction of sp³-hybridized carbons (Fsp3) is 0.933. The van der Waals surface area contributed by atoms with E-state index in [1.165, 1.54) is 12.8 Å². The van der Waals surface area contributed by atoms with Crippen molar-refractivity contribution in [2.24, 2.45) is 5.92 Å². The molecule has 0 aliphatic carbocycles. The maximum absolute atomic E-state index is 12.1. The number of hydrogen-bond donors (Lipinski definition) is 1. The van der Waals surface area contributed by atoms with Crippen LogP contribution in [0.3, 0.4) is 0 Å². The Hall–Kier alpha value is -0.810. The van der Waals surface area contributed by atoms with E-state index in [1.54, 1.807) is 4.90 Å². The quantitative estimate of drug-likeness (QED) is 0.843. The van der Waals surface area contributed by atoms with Crippen LogP contribution in [0.25, 0.3) is 0 Å². The van der Waals surface area contributed by atoms with Crippen LogP contribution in [0.15, 0.2) is 0 Å². The Labute approximate surface area is 122 Å². The Morgan fingerprint density at radius 1 is 1.45 bits per heavy atom. The number of piperidine rings is 1. The number of nitrogens with one attached hydrogen (secondary N) is 1. The van der Waals surface area contributed by atoms with Crippen molar-refractivity contribution in [3.8, 4) is 0 Å². The third kappa shape index (κ3) is 4.94. The molecule has 2 saturated heterocycles. The highest BCUT2D eigenvalue weighted by Gasteiger charge is 2.29. The number of carbonyl (C=O) groups excluding carboxylic acids is 1. The molecule has 2 aliphatic heterocycles. The first-order chi connectivity index (χ1) is 9.44. The van der Waals surface area contributed by atoms with Crippen molar-refractivity contribution >= 4 is 6.09 Å². The first kappa shape index (κ1) is 15.6. The molecule has 0 radical (unpaired) electrons. The number of morpholine rings is 1. The highest BCUT2D eigenvalue weighted by molar-refractivity contribution is 5.68. The van der Waals surface area contributed by atoms with E-state index in [9.17, 15) is 4.79 Å². The molecule has 2 fully saturated rings. The van der Waals surface area contributed by atoms with E-state index in [4.69, 9.17) is 9.47 Å². The summed E-state index contributed by atoms with van der Waals surface area (Å²) >= 11 is 0. The summed E-state index contributed by atoms with van der Waals surface area (Å²) in [5.74, 6) is 0.673. The van der Waals surface area contributed by atoms with Crippen LogP contribution in [0.5, 0.6) is 0 Å². The zero-order valence-electron chi connectivity index (χ0n) is 13.0. The Morgan fingerprint density at radius 2 is 2.25 bits per heavy atom. The summed E-state index contributed by atoms with van der Waals surface area (Å²) in [7, 11) is 0. The van der Waals surface area contributed by atoms with Gasteiger partial charge in [-0.05, 0) is 59.0 Å². The average Bonchev–Trinajstić information content (AvgIpc) is 2.38. The van der Waals surface area contributed by atoms with E-state index in [0.29, 0.717) is 25.6 Å². The third-order valence-corrected chi connectivity index (χ3v) is 3.79. The summed E-state index contributed by atoms with van der Waals surface area (Å²) in [5.41, 5.74) is -0.432. The summed E-state index contributed by atoms with van der Waals surface area (Å²) in [5, 5.41) is 3.43. The van der Waals surface area contributed by atoms with Crippen LogP contribution in [-0.2, 0) is 9.47 Å². The lowest BCUT2D eigenvalue weighted by molar-refractivity contribution is -0.0503. The normalized spacial score (nSPS) is 28.2. The molecule has 5 nitrogen and oxygen atoms in total. The molecule has 1 N–H and O–H groups in total. The number of carbonyl (C=O) groups is 1. The van der Waals surface area contributed by atoms with Crippen molar-refractivity contribution in [3.05, 3.63) is 0 Å². The second-order valence-corrected chi connectivity index (χ2v) is 6.87. The zero-order chi connectivity index (χ0) is 14.6. The van der Waals surface area contributed by atoms with Crippen LogP contribution < -0.4 is 5.32 Å². The fourth-order valence-electron chi connectivity index (χ4n) is 2.85. The van der Waals surface area contributed by atoms with E-state index in [1.807, 2.05) is 20.8 Å². The molecular weight excluding hydrogens is 256 g/mol. The maximum Gasteiger partial charge on any atom is 0.410 e. The molecule has 0 bridgehead atoms. The average molecular weight is 284 g/mol. The van der Waals surface area contributed by atoms with E-state index >= 15 is 0 Å². The van der Waals surface area contributed by atoms with Crippen molar-refractivity contribution in [2.45, 2.75) is 51.7 Å². The Balaban J connectivity index is 1.80. The van der Waals surface area contributed by atoms with Gasteiger partial charge in [0.05, 0.1) is 19.3 Å². The van der Waals surface area contributed by atoms with Crippen molar-refractivity contribution < 1.29 is 14.3 Å². The minimum Gasteiger partial charge on any atom is -0.444 e. The predicted molar refractivity (Wildman–Crippen MR) is 77.8 cm³/mol. The molecule has 0 spiro atoms. The fourth-order valence-corrected chi connectivity index (χ4v) is 2.85. The summed E-state index contributed by atoms with van der Waals surface area (Å²) in [6, 6.07) is 0. The van der Waals surface area contributed by atoms with Crippen molar-refractivity contribution in [1.82, 2.24) is 10.2 Å². The SMILES string of the molecule is CC(C)(C)OC(=O)N1CCOC(CC2CCCNC2)C1. The molecule has 116 valence electrons. The van der Waals surface area contributed by atoms with E-state index in [2.05, 4.69) is 5.32 Å². The summed E-state index contributed by atoms with van der Waals surface area (Å²) < 4.78 is 11.2. The minimum atomic E-state index is -0.432. The van der Waals surface area contributed by atoms with Crippen LogP contribution in [0.4, 0.5) is 4.79 Å². The van der Waals surface area contributed by atoms with Crippen LogP contribution in [0, 0.1) is 5.92 Å². The van der Waals surface area contributed by atoms with Crippen molar-refractivity contribution in [1.29, 1.82) is 0 Å². The van der Waals surface area contributed by atoms with Gasteiger partial charge in [0.15, 0.2) is 0 Å². The van der Waals surface area contributed by atoms with Crippen LogP contribution in [0.1, 0.15) is 40.0 Å². The lowest BCUT2D eigenvalue weighted by atomic mass is 9.93. The van der Waals surface area contributed by atoms with Crippen molar-refractivity contribution in [2.75, 3.05) is 32.8 Å². The molecule has 20 heavy (non-hydrogen) atoms. The molecule has 2 atom stereocenters. The van der Waals surface area contributed by atoms with Gasteiger partial charge in [-0.15, -0.1) is 0 Å². The zero-order valence-corrected chi connectivity index (χ0v) is 13.0. The number of hydrogen-bond acceptors (Lipinski definition) is 4. The van der Waals surface area contributed by atoms with Gasteiger partial charge >= 0.3 is 6.09 Å². The lowest BCUT2D eigenvalue weighted by Gasteiger charge is -2.36. The molecular formula is C15H28N2O3. The van der Waals surface area contributed by atoms with Gasteiger partial charge in [-0.2, -0.15) is 0 Å². The number of amides is 1. The van der Waals surface area contributed by atoms with Gasteiger partial charge in [0.25, 0.3) is 0 Å². The van der Waals surface area contributed by atoms with Gasteiger partial charge in [-0.25, -0.2) is 4.79 Å². The molecule has 0 aromatic heterocycles.